The van der Waals surface area contributed by atoms with Crippen LogP contribution in [-0.4, -0.2) is 4.98 Å². The van der Waals surface area contributed by atoms with E-state index >= 15 is 0 Å². The van der Waals surface area contributed by atoms with Gasteiger partial charge < -0.3 is 5.73 Å². The smallest absolute Gasteiger partial charge is 0.131 e. The van der Waals surface area contributed by atoms with E-state index in [9.17, 15) is 8.78 Å². The summed E-state index contributed by atoms with van der Waals surface area (Å²) in [6, 6.07) is 4.38. The molecule has 19 heavy (non-hydrogen) atoms. The Morgan fingerprint density at radius 1 is 1.21 bits per heavy atom. The van der Waals surface area contributed by atoms with Crippen molar-refractivity contribution in [1.82, 2.24) is 10.4 Å². The van der Waals surface area contributed by atoms with E-state index < -0.39 is 17.7 Å². The van der Waals surface area contributed by atoms with Gasteiger partial charge in [-0.25, -0.2) is 19.2 Å². The maximum absolute atomic E-state index is 13.8. The number of pyridine rings is 1. The van der Waals surface area contributed by atoms with Crippen molar-refractivity contribution < 1.29 is 8.78 Å². The van der Waals surface area contributed by atoms with E-state index in [1.54, 1.807) is 12.3 Å². The van der Waals surface area contributed by atoms with Crippen LogP contribution in [0.1, 0.15) is 22.7 Å². The minimum absolute atomic E-state index is 0.211. The van der Waals surface area contributed by atoms with E-state index in [0.717, 1.165) is 11.6 Å². The number of nitrogens with two attached hydrogens (primary N) is 2. The van der Waals surface area contributed by atoms with Crippen LogP contribution in [0.5, 0.6) is 0 Å². The van der Waals surface area contributed by atoms with Crippen molar-refractivity contribution in [3.63, 3.8) is 0 Å². The Labute approximate surface area is 109 Å². The topological polar surface area (TPSA) is 77.0 Å². The summed E-state index contributed by atoms with van der Waals surface area (Å²) in [5.41, 5.74) is 9.89. The van der Waals surface area contributed by atoms with Gasteiger partial charge in [-0.3, -0.25) is 5.84 Å². The molecular formula is C13H14F2N4. The van der Waals surface area contributed by atoms with Crippen molar-refractivity contribution >= 4 is 5.82 Å². The minimum Gasteiger partial charge on any atom is -0.383 e. The van der Waals surface area contributed by atoms with Gasteiger partial charge in [0.15, 0.2) is 0 Å². The van der Waals surface area contributed by atoms with Crippen molar-refractivity contribution in [3.05, 3.63) is 58.8 Å². The van der Waals surface area contributed by atoms with E-state index in [1.165, 1.54) is 12.1 Å². The third-order valence-corrected chi connectivity index (χ3v) is 2.84. The molecule has 0 aliphatic rings. The van der Waals surface area contributed by atoms with E-state index in [0.29, 0.717) is 5.56 Å². The van der Waals surface area contributed by atoms with Crippen molar-refractivity contribution in [1.29, 1.82) is 0 Å². The van der Waals surface area contributed by atoms with E-state index in [1.807, 2.05) is 6.92 Å². The molecule has 100 valence electrons. The zero-order chi connectivity index (χ0) is 14.0. The molecule has 1 aromatic heterocycles. The molecule has 1 atom stereocenters. The van der Waals surface area contributed by atoms with Crippen LogP contribution in [0.4, 0.5) is 14.6 Å². The number of hydrogen-bond acceptors (Lipinski definition) is 4. The second-order valence-electron chi connectivity index (χ2n) is 4.25. The molecule has 0 saturated heterocycles. The molecule has 0 fully saturated rings. The predicted molar refractivity (Wildman–Crippen MR) is 68.9 cm³/mol. The predicted octanol–water partition coefficient (Wildman–Crippen LogP) is 1.80. The van der Waals surface area contributed by atoms with Crippen molar-refractivity contribution in [2.45, 2.75) is 13.0 Å². The number of aromatic nitrogens is 1. The lowest BCUT2D eigenvalue weighted by Crippen LogP contribution is -2.30. The van der Waals surface area contributed by atoms with E-state index in [2.05, 4.69) is 10.4 Å². The second kappa shape index (κ2) is 5.29. The largest absolute Gasteiger partial charge is 0.383 e. The van der Waals surface area contributed by atoms with Crippen LogP contribution in [0, 0.1) is 18.6 Å². The minimum atomic E-state index is -0.691. The Morgan fingerprint density at radius 3 is 2.58 bits per heavy atom. The first-order valence-electron chi connectivity index (χ1n) is 5.66. The average Bonchev–Trinajstić information content (AvgIpc) is 2.36. The highest BCUT2D eigenvalue weighted by Gasteiger charge is 2.20. The molecule has 0 saturated carbocycles. The molecule has 5 N–H and O–H groups in total. The van der Waals surface area contributed by atoms with Crippen molar-refractivity contribution in [2.75, 3.05) is 5.73 Å². The molecule has 4 nitrogen and oxygen atoms in total. The number of hydrogen-bond donors (Lipinski definition) is 3. The van der Waals surface area contributed by atoms with E-state index in [-0.39, 0.29) is 11.4 Å². The van der Waals surface area contributed by atoms with Crippen LogP contribution in [0.3, 0.4) is 0 Å². The zero-order valence-electron chi connectivity index (χ0n) is 10.3. The average molecular weight is 264 g/mol. The lowest BCUT2D eigenvalue weighted by molar-refractivity contribution is 0.541. The number of nitrogens with zero attached hydrogens (tertiary/aromatic N) is 1. The maximum atomic E-state index is 13.8. The first-order valence-corrected chi connectivity index (χ1v) is 5.66. The first-order chi connectivity index (χ1) is 9.02. The number of benzene rings is 1. The van der Waals surface area contributed by atoms with E-state index in [4.69, 9.17) is 11.6 Å². The molecule has 0 spiro atoms. The Bertz CT molecular complexity index is 601. The zero-order valence-corrected chi connectivity index (χ0v) is 10.3. The lowest BCUT2D eigenvalue weighted by atomic mass is 9.98. The summed E-state index contributed by atoms with van der Waals surface area (Å²) < 4.78 is 26.7. The molecule has 0 amide bonds. The number of nitrogen functional groups attached to an aromatic ring is 1. The fourth-order valence-corrected chi connectivity index (χ4v) is 1.92. The van der Waals surface area contributed by atoms with Gasteiger partial charge in [0.25, 0.3) is 0 Å². The molecule has 0 aliphatic heterocycles. The molecule has 0 aliphatic carbocycles. The van der Waals surface area contributed by atoms with Crippen LogP contribution in [0.25, 0.3) is 0 Å². The molecular weight excluding hydrogens is 250 g/mol. The molecule has 2 rings (SSSR count). The second-order valence-corrected chi connectivity index (χ2v) is 4.25. The van der Waals surface area contributed by atoms with Gasteiger partial charge in [0.05, 0.1) is 6.04 Å². The van der Waals surface area contributed by atoms with Crippen molar-refractivity contribution in [3.8, 4) is 0 Å². The summed E-state index contributed by atoms with van der Waals surface area (Å²) in [6.45, 7) is 1.84. The lowest BCUT2D eigenvalue weighted by Gasteiger charge is -2.19. The van der Waals surface area contributed by atoms with Crippen LogP contribution in [0.2, 0.25) is 0 Å². The number of nitrogens with one attached hydrogen (secondary N) is 1. The summed E-state index contributed by atoms with van der Waals surface area (Å²) in [6.07, 6.45) is 1.60. The molecule has 0 bridgehead atoms. The van der Waals surface area contributed by atoms with Crippen LogP contribution < -0.4 is 17.0 Å². The fraction of sp³-hybridized carbons (Fsp3) is 0.154. The molecule has 1 heterocycles. The highest BCUT2D eigenvalue weighted by Crippen LogP contribution is 2.27. The maximum Gasteiger partial charge on any atom is 0.131 e. The van der Waals surface area contributed by atoms with Crippen molar-refractivity contribution in [2.24, 2.45) is 5.84 Å². The highest BCUT2D eigenvalue weighted by atomic mass is 19.1. The van der Waals surface area contributed by atoms with Gasteiger partial charge in [0, 0.05) is 23.4 Å². The van der Waals surface area contributed by atoms with Gasteiger partial charge >= 0.3 is 0 Å². The van der Waals surface area contributed by atoms with Gasteiger partial charge in [-0.15, -0.1) is 0 Å². The Morgan fingerprint density at radius 2 is 1.95 bits per heavy atom. The molecule has 0 radical (unpaired) electrons. The Hall–Kier alpha value is -2.05. The monoisotopic (exact) mass is 264 g/mol. The molecule has 6 heteroatoms. The standard InChI is InChI=1S/C13H14F2N4/c1-7-4-10(13(16)18-6-7)12(19-17)9-3-2-8(14)5-11(9)15/h2-6,12,19H,17H2,1H3,(H2,16,18). The number of halogens is 2. The summed E-state index contributed by atoms with van der Waals surface area (Å²) in [4.78, 5) is 4.01. The normalized spacial score (nSPS) is 12.4. The number of aryl methyl sites for hydroxylation is 1. The van der Waals surface area contributed by atoms with Gasteiger partial charge in [0.2, 0.25) is 0 Å². The first kappa shape index (κ1) is 13.4. The summed E-state index contributed by atoms with van der Waals surface area (Å²) in [7, 11) is 0. The number of anilines is 1. The third-order valence-electron chi connectivity index (χ3n) is 2.84. The highest BCUT2D eigenvalue weighted by molar-refractivity contribution is 5.47. The summed E-state index contributed by atoms with van der Waals surface area (Å²) >= 11 is 0. The van der Waals surface area contributed by atoms with Crippen LogP contribution >= 0.6 is 0 Å². The summed E-state index contributed by atoms with van der Waals surface area (Å²) in [5, 5.41) is 0. The van der Waals surface area contributed by atoms with Gasteiger partial charge in [-0.05, 0) is 24.6 Å². The number of hydrazine groups is 1. The number of rotatable bonds is 3. The van der Waals surface area contributed by atoms with Gasteiger partial charge in [0.1, 0.15) is 17.5 Å². The Kier molecular flexibility index (Phi) is 3.73. The van der Waals surface area contributed by atoms with Crippen LogP contribution in [-0.2, 0) is 0 Å². The van der Waals surface area contributed by atoms with Gasteiger partial charge in [-0.1, -0.05) is 6.07 Å². The Balaban J connectivity index is 2.52. The third kappa shape index (κ3) is 2.69. The molecule has 1 aromatic carbocycles. The SMILES string of the molecule is Cc1cnc(N)c(C(NN)c2ccc(F)cc2F)c1. The fourth-order valence-electron chi connectivity index (χ4n) is 1.92. The molecule has 2 aromatic rings. The van der Waals surface area contributed by atoms with Crippen LogP contribution in [0.15, 0.2) is 30.5 Å². The van der Waals surface area contributed by atoms with Gasteiger partial charge in [-0.2, -0.15) is 0 Å². The quantitative estimate of drug-likeness (QED) is 0.583. The summed E-state index contributed by atoms with van der Waals surface area (Å²) in [5.74, 6) is 4.38. The molecule has 1 unspecified atom stereocenters.